The van der Waals surface area contributed by atoms with Gasteiger partial charge in [-0.25, -0.2) is 0 Å². The van der Waals surface area contributed by atoms with Crippen molar-refractivity contribution in [3.63, 3.8) is 0 Å². The highest BCUT2D eigenvalue weighted by Gasteiger charge is 2.40. The lowest BCUT2D eigenvalue weighted by Crippen LogP contribution is -2.37. The molecule has 2 aliphatic rings. The molecule has 1 aliphatic carbocycles. The van der Waals surface area contributed by atoms with Gasteiger partial charge >= 0.3 is 0 Å². The van der Waals surface area contributed by atoms with Crippen molar-refractivity contribution in [2.45, 2.75) is 83.3 Å². The molecule has 0 amide bonds. The van der Waals surface area contributed by atoms with Gasteiger partial charge in [-0.1, -0.05) is 33.1 Å². The van der Waals surface area contributed by atoms with Gasteiger partial charge in [-0.05, 0) is 43.9 Å². The molecule has 20 heavy (non-hydrogen) atoms. The largest absolute Gasteiger partial charge is 0.370 e. The Morgan fingerprint density at radius 1 is 1.20 bits per heavy atom. The Hall–Kier alpha value is 0.210. The van der Waals surface area contributed by atoms with Crippen LogP contribution in [0.2, 0.25) is 0 Å². The van der Waals surface area contributed by atoms with Gasteiger partial charge in [-0.2, -0.15) is 0 Å². The van der Waals surface area contributed by atoms with Crippen molar-refractivity contribution in [3.05, 3.63) is 0 Å². The van der Waals surface area contributed by atoms with E-state index in [4.69, 9.17) is 16.3 Å². The van der Waals surface area contributed by atoms with E-state index < -0.39 is 0 Å². The summed E-state index contributed by atoms with van der Waals surface area (Å²) in [5.74, 6) is 0.775. The highest BCUT2D eigenvalue weighted by Crippen LogP contribution is 2.41. The zero-order chi connectivity index (χ0) is 14.5. The lowest BCUT2D eigenvalue weighted by molar-refractivity contribution is -0.0627. The van der Waals surface area contributed by atoms with E-state index in [1.165, 1.54) is 51.4 Å². The van der Waals surface area contributed by atoms with Crippen LogP contribution < -0.4 is 5.32 Å². The fourth-order valence-corrected chi connectivity index (χ4v) is 3.94. The van der Waals surface area contributed by atoms with E-state index in [1.807, 2.05) is 0 Å². The smallest absolute Gasteiger partial charge is 0.0708 e. The Bertz CT molecular complexity index is 287. The summed E-state index contributed by atoms with van der Waals surface area (Å²) in [6, 6.07) is 0. The highest BCUT2D eigenvalue weighted by atomic mass is 35.5. The average Bonchev–Trinajstić information content (AvgIpc) is 2.80. The van der Waals surface area contributed by atoms with Gasteiger partial charge in [0, 0.05) is 19.0 Å². The second-order valence-corrected chi connectivity index (χ2v) is 7.99. The molecule has 3 heteroatoms. The summed E-state index contributed by atoms with van der Waals surface area (Å²) < 4.78 is 6.40. The van der Waals surface area contributed by atoms with E-state index in [-0.39, 0.29) is 5.60 Å². The number of hydrogen-bond donors (Lipinski definition) is 1. The lowest BCUT2D eigenvalue weighted by atomic mass is 9.83. The van der Waals surface area contributed by atoms with Crippen molar-refractivity contribution >= 4 is 11.6 Å². The normalized spacial score (nSPS) is 26.2. The highest BCUT2D eigenvalue weighted by molar-refractivity contribution is 6.17. The molecule has 1 N–H and O–H groups in total. The van der Waals surface area contributed by atoms with Crippen LogP contribution in [0, 0.1) is 5.41 Å². The van der Waals surface area contributed by atoms with E-state index in [1.54, 1.807) is 0 Å². The summed E-state index contributed by atoms with van der Waals surface area (Å²) in [6.07, 6.45) is 12.0. The van der Waals surface area contributed by atoms with E-state index in [2.05, 4.69) is 19.2 Å². The first-order valence-electron chi connectivity index (χ1n) is 8.50. The number of alkyl halides is 1. The maximum Gasteiger partial charge on any atom is 0.0708 e. The topological polar surface area (TPSA) is 21.3 Å². The van der Waals surface area contributed by atoms with Gasteiger partial charge in [0.2, 0.25) is 0 Å². The van der Waals surface area contributed by atoms with Crippen LogP contribution in [0.1, 0.15) is 71.6 Å². The summed E-state index contributed by atoms with van der Waals surface area (Å²) in [5.41, 5.74) is 0.606. The first kappa shape index (κ1) is 16.6. The lowest BCUT2D eigenvalue weighted by Gasteiger charge is -2.33. The van der Waals surface area contributed by atoms with Crippen LogP contribution in [0.15, 0.2) is 0 Å². The third kappa shape index (κ3) is 4.89. The van der Waals surface area contributed by atoms with Gasteiger partial charge in [0.15, 0.2) is 0 Å². The van der Waals surface area contributed by atoms with Crippen LogP contribution in [0.5, 0.6) is 0 Å². The summed E-state index contributed by atoms with van der Waals surface area (Å²) >= 11 is 5.79. The SMILES string of the molecule is CC(C)(CCCCl)CNCC1CCC2(CCCCC2)O1. The Labute approximate surface area is 130 Å². The van der Waals surface area contributed by atoms with Gasteiger partial charge in [0.1, 0.15) is 0 Å². The molecule has 2 nitrogen and oxygen atoms in total. The van der Waals surface area contributed by atoms with Gasteiger partial charge < -0.3 is 10.1 Å². The molecule has 1 heterocycles. The third-order valence-corrected chi connectivity index (χ3v) is 5.33. The predicted octanol–water partition coefficient (Wildman–Crippen LogP) is 4.50. The molecule has 1 unspecified atom stereocenters. The van der Waals surface area contributed by atoms with Gasteiger partial charge in [0.25, 0.3) is 0 Å². The molecule has 1 spiro atoms. The Morgan fingerprint density at radius 2 is 1.95 bits per heavy atom. The molecular formula is C17H32ClNO. The molecule has 118 valence electrons. The number of hydrogen-bond acceptors (Lipinski definition) is 2. The number of rotatable bonds is 7. The standard InChI is InChI=1S/C17H32ClNO/c1-16(2,8-6-12-18)14-19-13-15-7-11-17(20-15)9-4-3-5-10-17/h15,19H,3-14H2,1-2H3. The van der Waals surface area contributed by atoms with Crippen molar-refractivity contribution in [2.75, 3.05) is 19.0 Å². The summed E-state index contributed by atoms with van der Waals surface area (Å²) in [4.78, 5) is 0. The number of ether oxygens (including phenoxy) is 1. The number of nitrogens with one attached hydrogen (secondary N) is 1. The molecule has 1 saturated carbocycles. The fraction of sp³-hybridized carbons (Fsp3) is 1.00. The predicted molar refractivity (Wildman–Crippen MR) is 86.5 cm³/mol. The van der Waals surface area contributed by atoms with Crippen LogP contribution in [0.25, 0.3) is 0 Å². The van der Waals surface area contributed by atoms with Crippen molar-refractivity contribution in [1.82, 2.24) is 5.32 Å². The molecule has 0 aromatic heterocycles. The van der Waals surface area contributed by atoms with Crippen LogP contribution in [0.4, 0.5) is 0 Å². The maximum absolute atomic E-state index is 6.40. The molecule has 0 aromatic carbocycles. The zero-order valence-electron chi connectivity index (χ0n) is 13.3. The Balaban J connectivity index is 1.65. The van der Waals surface area contributed by atoms with Gasteiger partial charge in [-0.15, -0.1) is 11.6 Å². The summed E-state index contributed by atoms with van der Waals surface area (Å²) in [7, 11) is 0. The van der Waals surface area contributed by atoms with E-state index >= 15 is 0 Å². The summed E-state index contributed by atoms with van der Waals surface area (Å²) in [5, 5.41) is 3.63. The summed E-state index contributed by atoms with van der Waals surface area (Å²) in [6.45, 7) is 6.73. The average molecular weight is 302 g/mol. The molecule has 0 radical (unpaired) electrons. The first-order valence-corrected chi connectivity index (χ1v) is 9.03. The minimum absolute atomic E-state index is 0.263. The van der Waals surface area contributed by atoms with Crippen LogP contribution >= 0.6 is 11.6 Å². The Morgan fingerprint density at radius 3 is 2.65 bits per heavy atom. The molecule has 1 atom stereocenters. The number of halogens is 1. The van der Waals surface area contributed by atoms with Crippen LogP contribution in [-0.2, 0) is 4.74 Å². The second-order valence-electron chi connectivity index (χ2n) is 7.61. The fourth-order valence-electron chi connectivity index (χ4n) is 3.81. The van der Waals surface area contributed by atoms with Gasteiger partial charge in [0.05, 0.1) is 11.7 Å². The van der Waals surface area contributed by atoms with Crippen LogP contribution in [-0.4, -0.2) is 30.7 Å². The molecule has 2 rings (SSSR count). The molecule has 0 aromatic rings. The van der Waals surface area contributed by atoms with Gasteiger partial charge in [-0.3, -0.25) is 0 Å². The van der Waals surface area contributed by atoms with E-state index in [0.29, 0.717) is 11.5 Å². The third-order valence-electron chi connectivity index (χ3n) is 5.07. The Kier molecular flexibility index (Phi) is 6.19. The van der Waals surface area contributed by atoms with E-state index in [0.717, 1.165) is 25.4 Å². The molecule has 2 fully saturated rings. The zero-order valence-corrected chi connectivity index (χ0v) is 14.1. The quantitative estimate of drug-likeness (QED) is 0.699. The van der Waals surface area contributed by atoms with Crippen molar-refractivity contribution < 1.29 is 4.74 Å². The minimum atomic E-state index is 0.263. The van der Waals surface area contributed by atoms with Crippen molar-refractivity contribution in [3.8, 4) is 0 Å². The van der Waals surface area contributed by atoms with Crippen molar-refractivity contribution in [1.29, 1.82) is 0 Å². The first-order chi connectivity index (χ1) is 9.55. The maximum atomic E-state index is 6.40. The monoisotopic (exact) mass is 301 g/mol. The molecule has 1 saturated heterocycles. The van der Waals surface area contributed by atoms with Crippen molar-refractivity contribution in [2.24, 2.45) is 5.41 Å². The van der Waals surface area contributed by atoms with E-state index in [9.17, 15) is 0 Å². The minimum Gasteiger partial charge on any atom is -0.370 e. The molecular weight excluding hydrogens is 270 g/mol. The van der Waals surface area contributed by atoms with Crippen LogP contribution in [0.3, 0.4) is 0 Å². The second kappa shape index (κ2) is 7.47. The molecule has 0 bridgehead atoms. The molecule has 1 aliphatic heterocycles.